The average molecular weight is 258 g/mol. The molecule has 3 heteroatoms. The van der Waals surface area contributed by atoms with Crippen LogP contribution in [0.1, 0.15) is 32.6 Å². The van der Waals surface area contributed by atoms with Gasteiger partial charge in [-0.05, 0) is 37.0 Å². The fraction of sp³-hybridized carbons (Fsp3) is 0.538. The first-order valence-corrected chi connectivity index (χ1v) is 6.64. The Labute approximate surface area is 107 Å². The second kappa shape index (κ2) is 5.29. The van der Waals surface area contributed by atoms with Gasteiger partial charge in [0.25, 0.3) is 0 Å². The first kappa shape index (κ1) is 12.1. The lowest BCUT2D eigenvalue weighted by atomic mass is 9.86. The molecule has 2 unspecified atom stereocenters. The van der Waals surface area contributed by atoms with E-state index in [2.05, 4.69) is 12.2 Å². The van der Waals surface area contributed by atoms with Crippen LogP contribution in [0.25, 0.3) is 0 Å². The molecule has 0 saturated heterocycles. The molecule has 1 nitrogen and oxygen atoms in total. The monoisotopic (exact) mass is 257 g/mol. The summed E-state index contributed by atoms with van der Waals surface area (Å²) >= 11 is 12.1. The van der Waals surface area contributed by atoms with E-state index in [1.807, 2.05) is 18.2 Å². The second-order valence-corrected chi connectivity index (χ2v) is 5.48. The number of rotatable bonds is 2. The van der Waals surface area contributed by atoms with E-state index in [1.165, 1.54) is 25.7 Å². The van der Waals surface area contributed by atoms with Crippen LogP contribution in [0.4, 0.5) is 5.69 Å². The Morgan fingerprint density at radius 1 is 1.19 bits per heavy atom. The van der Waals surface area contributed by atoms with Crippen LogP contribution in [0.3, 0.4) is 0 Å². The van der Waals surface area contributed by atoms with Crippen LogP contribution in [-0.4, -0.2) is 6.04 Å². The number of nitrogens with one attached hydrogen (secondary N) is 1. The molecule has 0 heterocycles. The standard InChI is InChI=1S/C13H17Cl2N/c1-9-4-2-3-5-12(9)16-13-8-10(14)6-7-11(13)15/h6-9,12,16H,2-5H2,1H3. The van der Waals surface area contributed by atoms with Gasteiger partial charge in [0, 0.05) is 11.1 Å². The van der Waals surface area contributed by atoms with Gasteiger partial charge in [-0.2, -0.15) is 0 Å². The van der Waals surface area contributed by atoms with Crippen LogP contribution in [0.5, 0.6) is 0 Å². The Morgan fingerprint density at radius 3 is 2.69 bits per heavy atom. The van der Waals surface area contributed by atoms with Gasteiger partial charge in [0.05, 0.1) is 10.7 Å². The van der Waals surface area contributed by atoms with E-state index in [0.29, 0.717) is 12.0 Å². The number of halogens is 2. The molecule has 0 aliphatic heterocycles. The van der Waals surface area contributed by atoms with Crippen LogP contribution in [-0.2, 0) is 0 Å². The molecule has 1 aromatic carbocycles. The van der Waals surface area contributed by atoms with E-state index < -0.39 is 0 Å². The molecule has 16 heavy (non-hydrogen) atoms. The Balaban J connectivity index is 2.10. The van der Waals surface area contributed by atoms with Crippen molar-refractivity contribution in [3.8, 4) is 0 Å². The first-order chi connectivity index (χ1) is 7.66. The van der Waals surface area contributed by atoms with Gasteiger partial charge < -0.3 is 5.32 Å². The molecule has 2 rings (SSSR count). The normalized spacial score (nSPS) is 25.4. The molecule has 0 aromatic heterocycles. The molecule has 2 atom stereocenters. The van der Waals surface area contributed by atoms with Gasteiger partial charge in [-0.25, -0.2) is 0 Å². The third kappa shape index (κ3) is 2.83. The Bertz CT molecular complexity index is 365. The number of hydrogen-bond donors (Lipinski definition) is 1. The molecule has 1 N–H and O–H groups in total. The van der Waals surface area contributed by atoms with E-state index in [1.54, 1.807) is 0 Å². The lowest BCUT2D eigenvalue weighted by Crippen LogP contribution is -2.30. The molecule has 0 radical (unpaired) electrons. The zero-order valence-electron chi connectivity index (χ0n) is 9.47. The van der Waals surface area contributed by atoms with Gasteiger partial charge in [-0.3, -0.25) is 0 Å². The van der Waals surface area contributed by atoms with Crippen molar-refractivity contribution < 1.29 is 0 Å². The third-order valence-electron chi connectivity index (χ3n) is 3.38. The average Bonchev–Trinajstić information content (AvgIpc) is 2.27. The highest BCUT2D eigenvalue weighted by molar-refractivity contribution is 6.35. The van der Waals surface area contributed by atoms with Crippen LogP contribution in [0.15, 0.2) is 18.2 Å². The van der Waals surface area contributed by atoms with Crippen molar-refractivity contribution in [3.63, 3.8) is 0 Å². The Morgan fingerprint density at radius 2 is 1.94 bits per heavy atom. The van der Waals surface area contributed by atoms with E-state index in [0.717, 1.165) is 15.7 Å². The molecule has 88 valence electrons. The number of hydrogen-bond acceptors (Lipinski definition) is 1. The van der Waals surface area contributed by atoms with Gasteiger partial charge in [0.1, 0.15) is 0 Å². The van der Waals surface area contributed by atoms with Crippen LogP contribution < -0.4 is 5.32 Å². The Hall–Kier alpha value is -0.400. The lowest BCUT2D eigenvalue weighted by Gasteiger charge is -2.30. The minimum atomic E-state index is 0.532. The zero-order chi connectivity index (χ0) is 11.5. The quantitative estimate of drug-likeness (QED) is 0.788. The fourth-order valence-electron chi connectivity index (χ4n) is 2.34. The largest absolute Gasteiger partial charge is 0.381 e. The molecule has 1 aliphatic carbocycles. The molecule has 1 aromatic rings. The summed E-state index contributed by atoms with van der Waals surface area (Å²) in [7, 11) is 0. The molecule has 1 fully saturated rings. The topological polar surface area (TPSA) is 12.0 Å². The zero-order valence-corrected chi connectivity index (χ0v) is 11.0. The van der Waals surface area contributed by atoms with Crippen molar-refractivity contribution in [1.82, 2.24) is 0 Å². The maximum absolute atomic E-state index is 6.14. The van der Waals surface area contributed by atoms with Gasteiger partial charge in [0.2, 0.25) is 0 Å². The maximum atomic E-state index is 6.14. The SMILES string of the molecule is CC1CCCCC1Nc1cc(Cl)ccc1Cl. The van der Waals surface area contributed by atoms with Crippen molar-refractivity contribution >= 4 is 28.9 Å². The minimum Gasteiger partial charge on any atom is -0.381 e. The van der Waals surface area contributed by atoms with E-state index >= 15 is 0 Å². The van der Waals surface area contributed by atoms with Crippen LogP contribution >= 0.6 is 23.2 Å². The summed E-state index contributed by atoms with van der Waals surface area (Å²) in [6.45, 7) is 2.30. The van der Waals surface area contributed by atoms with Gasteiger partial charge in [0.15, 0.2) is 0 Å². The van der Waals surface area contributed by atoms with Crippen LogP contribution in [0.2, 0.25) is 10.0 Å². The molecule has 0 spiro atoms. The maximum Gasteiger partial charge on any atom is 0.0638 e. The van der Waals surface area contributed by atoms with Gasteiger partial charge in [-0.1, -0.05) is 43.0 Å². The first-order valence-electron chi connectivity index (χ1n) is 5.88. The van der Waals surface area contributed by atoms with E-state index in [4.69, 9.17) is 23.2 Å². The molecular formula is C13H17Cl2N. The molecule has 1 saturated carbocycles. The molecule has 0 bridgehead atoms. The molecule has 1 aliphatic rings. The predicted octanol–water partition coefficient (Wildman–Crippen LogP) is 4.98. The highest BCUT2D eigenvalue weighted by Gasteiger charge is 2.21. The highest BCUT2D eigenvalue weighted by Crippen LogP contribution is 2.31. The summed E-state index contributed by atoms with van der Waals surface area (Å²) in [6.07, 6.45) is 5.18. The smallest absolute Gasteiger partial charge is 0.0638 e. The summed E-state index contributed by atoms with van der Waals surface area (Å²) in [6, 6.07) is 6.11. The number of benzene rings is 1. The molecule has 0 amide bonds. The predicted molar refractivity (Wildman–Crippen MR) is 71.5 cm³/mol. The summed E-state index contributed by atoms with van der Waals surface area (Å²) < 4.78 is 0. The van der Waals surface area contributed by atoms with Crippen molar-refractivity contribution in [2.24, 2.45) is 5.92 Å². The van der Waals surface area contributed by atoms with Crippen molar-refractivity contribution in [2.75, 3.05) is 5.32 Å². The van der Waals surface area contributed by atoms with Crippen molar-refractivity contribution in [3.05, 3.63) is 28.2 Å². The second-order valence-electron chi connectivity index (χ2n) is 4.64. The van der Waals surface area contributed by atoms with Crippen LogP contribution in [0, 0.1) is 5.92 Å². The van der Waals surface area contributed by atoms with E-state index in [9.17, 15) is 0 Å². The van der Waals surface area contributed by atoms with Crippen molar-refractivity contribution in [1.29, 1.82) is 0 Å². The lowest BCUT2D eigenvalue weighted by molar-refractivity contribution is 0.349. The van der Waals surface area contributed by atoms with Gasteiger partial charge >= 0.3 is 0 Å². The molecular weight excluding hydrogens is 241 g/mol. The van der Waals surface area contributed by atoms with Gasteiger partial charge in [-0.15, -0.1) is 0 Å². The highest BCUT2D eigenvalue weighted by atomic mass is 35.5. The fourth-order valence-corrected chi connectivity index (χ4v) is 2.68. The number of anilines is 1. The summed E-state index contributed by atoms with van der Waals surface area (Å²) in [5.74, 6) is 0.712. The minimum absolute atomic E-state index is 0.532. The summed E-state index contributed by atoms with van der Waals surface area (Å²) in [5.41, 5.74) is 0.966. The summed E-state index contributed by atoms with van der Waals surface area (Å²) in [5, 5.41) is 5.01. The Kier molecular flexibility index (Phi) is 3.99. The van der Waals surface area contributed by atoms with Crippen molar-refractivity contribution in [2.45, 2.75) is 38.6 Å². The third-order valence-corrected chi connectivity index (χ3v) is 3.95. The summed E-state index contributed by atoms with van der Waals surface area (Å²) in [4.78, 5) is 0. The van der Waals surface area contributed by atoms with E-state index in [-0.39, 0.29) is 0 Å².